The molecule has 8 heteroatoms. The molecule has 8 nitrogen and oxygen atoms in total. The van der Waals surface area contributed by atoms with Crippen LogP contribution in [0.2, 0.25) is 0 Å². The van der Waals surface area contributed by atoms with Gasteiger partial charge < -0.3 is 21.3 Å². The van der Waals surface area contributed by atoms with Crippen LogP contribution in [0.3, 0.4) is 0 Å². The Labute approximate surface area is 180 Å². The number of nitrogens with one attached hydrogen (secondary N) is 2. The molecule has 1 aliphatic carbocycles. The molecule has 3 amide bonds. The van der Waals surface area contributed by atoms with Gasteiger partial charge >= 0.3 is 0 Å². The molecule has 4 N–H and O–H groups in total. The van der Waals surface area contributed by atoms with Crippen LogP contribution in [0, 0.1) is 11.3 Å². The fourth-order valence-corrected chi connectivity index (χ4v) is 3.72. The molecule has 170 valence electrons. The van der Waals surface area contributed by atoms with Crippen molar-refractivity contribution in [2.45, 2.75) is 79.3 Å². The summed E-state index contributed by atoms with van der Waals surface area (Å²) in [6.45, 7) is 10.3. The molecule has 0 bridgehead atoms. The highest BCUT2D eigenvalue weighted by molar-refractivity contribution is 6.04. The lowest BCUT2D eigenvalue weighted by molar-refractivity contribution is -0.141. The fraction of sp³-hybridized carbons (Fsp3) is 0.727. The van der Waals surface area contributed by atoms with E-state index in [2.05, 4.69) is 17.6 Å². The van der Waals surface area contributed by atoms with Gasteiger partial charge in [-0.2, -0.15) is 0 Å². The van der Waals surface area contributed by atoms with Crippen LogP contribution in [-0.4, -0.2) is 54.1 Å². The van der Waals surface area contributed by atoms with E-state index in [1.165, 1.54) is 20.3 Å². The Morgan fingerprint density at radius 1 is 1.10 bits per heavy atom. The highest BCUT2D eigenvalue weighted by Gasteiger charge is 2.38. The summed E-state index contributed by atoms with van der Waals surface area (Å²) in [7, 11) is 1.80. The van der Waals surface area contributed by atoms with Gasteiger partial charge in [-0.05, 0) is 38.0 Å². The molecular formula is C22H38N4O4. The lowest BCUT2D eigenvalue weighted by Gasteiger charge is -2.40. The molecule has 0 radical (unpaired) electrons. The van der Waals surface area contributed by atoms with E-state index >= 15 is 0 Å². The first-order chi connectivity index (χ1) is 13.8. The number of likely N-dealkylation sites (N-methyl/N-ethyl adjacent to an activating group) is 1. The summed E-state index contributed by atoms with van der Waals surface area (Å²) in [6.07, 6.45) is 4.33. The van der Waals surface area contributed by atoms with Crippen LogP contribution in [0.25, 0.3) is 0 Å². The van der Waals surface area contributed by atoms with Gasteiger partial charge in [0, 0.05) is 18.7 Å². The zero-order valence-electron chi connectivity index (χ0n) is 19.4. The minimum Gasteiger partial charge on any atom is -0.394 e. The second-order valence-electron chi connectivity index (χ2n) is 9.42. The van der Waals surface area contributed by atoms with Crippen LogP contribution in [0.5, 0.6) is 0 Å². The Morgan fingerprint density at radius 2 is 1.67 bits per heavy atom. The first kappa shape index (κ1) is 25.7. The quantitative estimate of drug-likeness (QED) is 0.537. The predicted octanol–water partition coefficient (Wildman–Crippen LogP) is 1.49. The third-order valence-electron chi connectivity index (χ3n) is 5.92. The summed E-state index contributed by atoms with van der Waals surface area (Å²) in [6, 6.07) is -0.569. The van der Waals surface area contributed by atoms with Crippen molar-refractivity contribution in [1.29, 1.82) is 0 Å². The van der Waals surface area contributed by atoms with Crippen molar-refractivity contribution in [3.05, 3.63) is 11.3 Å². The standard InChI is InChI=1S/C22H38N4O4/c1-13-10-8-9-11-16(13)26(7)21(30)19(22(4,5)6)25-17(28)12-24-20(29)18(23)14(2)15(3)27/h13,16,19H,8-12,23H2,1-7H3,(H,24,29)(H,25,28)/b18-14+. The molecule has 0 aromatic rings. The maximum Gasteiger partial charge on any atom is 0.267 e. The number of ketones is 1. The minimum absolute atomic E-state index is 0.132. The number of carbonyl (C=O) groups is 4. The number of nitrogens with two attached hydrogens (primary N) is 1. The fourth-order valence-electron chi connectivity index (χ4n) is 3.72. The topological polar surface area (TPSA) is 122 Å². The molecule has 3 atom stereocenters. The number of amides is 3. The van der Waals surface area contributed by atoms with Gasteiger partial charge in [0.15, 0.2) is 5.78 Å². The molecule has 0 spiro atoms. The van der Waals surface area contributed by atoms with Crippen LogP contribution in [0.4, 0.5) is 0 Å². The largest absolute Gasteiger partial charge is 0.394 e. The number of Topliss-reactive ketones (excluding diaryl/α,β-unsaturated/α-hetero) is 1. The highest BCUT2D eigenvalue weighted by atomic mass is 16.2. The van der Waals surface area contributed by atoms with Crippen molar-refractivity contribution in [2.24, 2.45) is 17.1 Å². The molecule has 1 fully saturated rings. The maximum atomic E-state index is 13.2. The van der Waals surface area contributed by atoms with Crippen LogP contribution in [0.1, 0.15) is 67.2 Å². The summed E-state index contributed by atoms with van der Waals surface area (Å²) in [5.74, 6) is -1.21. The summed E-state index contributed by atoms with van der Waals surface area (Å²) in [5.41, 5.74) is 5.07. The molecule has 0 aromatic carbocycles. The van der Waals surface area contributed by atoms with Gasteiger partial charge in [0.05, 0.1) is 6.54 Å². The molecule has 1 saturated carbocycles. The number of allylic oxidation sites excluding steroid dienone is 1. The van der Waals surface area contributed by atoms with Crippen molar-refractivity contribution in [3.8, 4) is 0 Å². The van der Waals surface area contributed by atoms with Gasteiger partial charge in [-0.1, -0.05) is 40.5 Å². The SMILES string of the molecule is CC(=O)/C(C)=C(/N)C(=O)NCC(=O)NC(C(=O)N(C)C1CCCCC1C)C(C)(C)C. The van der Waals surface area contributed by atoms with Crippen molar-refractivity contribution < 1.29 is 19.2 Å². The Balaban J connectivity index is 2.82. The van der Waals surface area contributed by atoms with E-state index in [0.29, 0.717) is 5.92 Å². The van der Waals surface area contributed by atoms with Gasteiger partial charge in [-0.15, -0.1) is 0 Å². The van der Waals surface area contributed by atoms with E-state index in [-0.39, 0.29) is 35.5 Å². The predicted molar refractivity (Wildman–Crippen MR) is 116 cm³/mol. The number of hydrogen-bond acceptors (Lipinski definition) is 5. The van der Waals surface area contributed by atoms with E-state index in [4.69, 9.17) is 5.73 Å². The number of carbonyl (C=O) groups excluding carboxylic acids is 4. The first-order valence-electron chi connectivity index (χ1n) is 10.6. The highest BCUT2D eigenvalue weighted by Crippen LogP contribution is 2.29. The smallest absolute Gasteiger partial charge is 0.267 e. The molecule has 1 rings (SSSR count). The Morgan fingerprint density at radius 3 is 2.17 bits per heavy atom. The third-order valence-corrected chi connectivity index (χ3v) is 5.92. The van der Waals surface area contributed by atoms with Gasteiger partial charge in [0.1, 0.15) is 11.7 Å². The molecule has 1 aliphatic rings. The normalized spacial score (nSPS) is 21.2. The number of nitrogens with zero attached hydrogens (tertiary/aromatic N) is 1. The van der Waals surface area contributed by atoms with Gasteiger partial charge in [-0.25, -0.2) is 0 Å². The monoisotopic (exact) mass is 422 g/mol. The van der Waals surface area contributed by atoms with Crippen LogP contribution in [-0.2, 0) is 19.2 Å². The molecular weight excluding hydrogens is 384 g/mol. The summed E-state index contributed by atoms with van der Waals surface area (Å²) >= 11 is 0. The van der Waals surface area contributed by atoms with Crippen molar-refractivity contribution >= 4 is 23.5 Å². The average Bonchev–Trinajstić information content (AvgIpc) is 2.67. The average molecular weight is 423 g/mol. The summed E-state index contributed by atoms with van der Waals surface area (Å²) in [5, 5.41) is 5.17. The molecule has 30 heavy (non-hydrogen) atoms. The van der Waals surface area contributed by atoms with Crippen LogP contribution >= 0.6 is 0 Å². The van der Waals surface area contributed by atoms with Gasteiger partial charge in [0.2, 0.25) is 11.8 Å². The van der Waals surface area contributed by atoms with Crippen molar-refractivity contribution in [3.63, 3.8) is 0 Å². The molecule has 0 saturated heterocycles. The Kier molecular flexibility index (Phi) is 9.06. The van der Waals surface area contributed by atoms with E-state index in [1.807, 2.05) is 20.8 Å². The van der Waals surface area contributed by atoms with E-state index in [0.717, 1.165) is 19.3 Å². The zero-order chi connectivity index (χ0) is 23.2. The van der Waals surface area contributed by atoms with Crippen LogP contribution < -0.4 is 16.4 Å². The summed E-state index contributed by atoms with van der Waals surface area (Å²) in [4.78, 5) is 50.9. The zero-order valence-corrected chi connectivity index (χ0v) is 19.4. The molecule has 3 unspecified atom stereocenters. The van der Waals surface area contributed by atoms with Gasteiger partial charge in [-0.3, -0.25) is 19.2 Å². The number of hydrogen-bond donors (Lipinski definition) is 3. The van der Waals surface area contributed by atoms with E-state index < -0.39 is 23.3 Å². The van der Waals surface area contributed by atoms with Crippen molar-refractivity contribution in [1.82, 2.24) is 15.5 Å². The minimum atomic E-state index is -0.729. The Hall–Kier alpha value is -2.38. The second kappa shape index (κ2) is 10.6. The van der Waals surface area contributed by atoms with E-state index in [9.17, 15) is 19.2 Å². The maximum absolute atomic E-state index is 13.2. The summed E-state index contributed by atoms with van der Waals surface area (Å²) < 4.78 is 0. The van der Waals surface area contributed by atoms with Gasteiger partial charge in [0.25, 0.3) is 5.91 Å². The Bertz CT molecular complexity index is 708. The molecule has 0 heterocycles. The van der Waals surface area contributed by atoms with Crippen LogP contribution in [0.15, 0.2) is 11.3 Å². The third kappa shape index (κ3) is 6.85. The lowest BCUT2D eigenvalue weighted by Crippen LogP contribution is -2.58. The molecule has 0 aromatic heterocycles. The molecule has 0 aliphatic heterocycles. The second-order valence-corrected chi connectivity index (χ2v) is 9.42. The van der Waals surface area contributed by atoms with Crippen molar-refractivity contribution in [2.75, 3.05) is 13.6 Å². The van der Waals surface area contributed by atoms with E-state index in [1.54, 1.807) is 11.9 Å². The first-order valence-corrected chi connectivity index (χ1v) is 10.6. The number of rotatable bonds is 7. The lowest BCUT2D eigenvalue weighted by atomic mass is 9.82.